The predicted octanol–water partition coefficient (Wildman–Crippen LogP) is 2.17. The summed E-state index contributed by atoms with van der Waals surface area (Å²) in [5, 5.41) is 3.55. The summed E-state index contributed by atoms with van der Waals surface area (Å²) in [4.78, 5) is 0. The third kappa shape index (κ3) is 2.70. The molecule has 0 unspecified atom stereocenters. The molecule has 0 saturated heterocycles. The first-order chi connectivity index (χ1) is 4.64. The maximum absolute atomic E-state index is 3.55. The van der Waals surface area contributed by atoms with E-state index in [-0.39, 0.29) is 0 Å². The van der Waals surface area contributed by atoms with Gasteiger partial charge in [0.2, 0.25) is 0 Å². The van der Waals surface area contributed by atoms with Crippen LogP contribution in [-0.2, 0) is 0 Å². The van der Waals surface area contributed by atoms with E-state index in [2.05, 4.69) is 26.1 Å². The molecule has 60 valence electrons. The topological polar surface area (TPSA) is 12.0 Å². The van der Waals surface area contributed by atoms with Gasteiger partial charge in [0, 0.05) is 12.6 Å². The first-order valence-corrected chi connectivity index (χ1v) is 4.37. The van der Waals surface area contributed by atoms with E-state index in [0.29, 0.717) is 5.41 Å². The third-order valence-electron chi connectivity index (χ3n) is 2.40. The molecule has 1 saturated carbocycles. The van der Waals surface area contributed by atoms with Gasteiger partial charge >= 0.3 is 0 Å². The molecule has 0 aliphatic heterocycles. The van der Waals surface area contributed by atoms with Crippen LogP contribution in [0.2, 0.25) is 0 Å². The molecule has 1 N–H and O–H groups in total. The van der Waals surface area contributed by atoms with E-state index in [0.717, 1.165) is 6.04 Å². The highest BCUT2D eigenvalue weighted by atomic mass is 15.0. The molecule has 1 rings (SSSR count). The number of hydrogen-bond donors (Lipinski definition) is 1. The van der Waals surface area contributed by atoms with Crippen LogP contribution in [-0.4, -0.2) is 12.6 Å². The second kappa shape index (κ2) is 2.91. The van der Waals surface area contributed by atoms with E-state index >= 15 is 0 Å². The zero-order valence-electron chi connectivity index (χ0n) is 7.41. The van der Waals surface area contributed by atoms with E-state index in [9.17, 15) is 0 Å². The second-order valence-electron chi connectivity index (χ2n) is 4.17. The summed E-state index contributed by atoms with van der Waals surface area (Å²) in [5.41, 5.74) is 0.503. The fraction of sp³-hybridized carbons (Fsp3) is 1.00. The van der Waals surface area contributed by atoms with Crippen LogP contribution in [0.5, 0.6) is 0 Å². The first-order valence-electron chi connectivity index (χ1n) is 4.37. The van der Waals surface area contributed by atoms with Crippen molar-refractivity contribution in [2.75, 3.05) is 6.54 Å². The van der Waals surface area contributed by atoms with Gasteiger partial charge in [-0.25, -0.2) is 0 Å². The van der Waals surface area contributed by atoms with Gasteiger partial charge in [-0.2, -0.15) is 0 Å². The lowest BCUT2D eigenvalue weighted by molar-refractivity contribution is 0.327. The number of nitrogens with one attached hydrogen (secondary N) is 1. The van der Waals surface area contributed by atoms with Crippen LogP contribution in [0.15, 0.2) is 0 Å². The molecule has 1 nitrogen and oxygen atoms in total. The Bertz CT molecular complexity index is 103. The highest BCUT2D eigenvalue weighted by Gasteiger charge is 2.23. The Morgan fingerprint density at radius 1 is 1.40 bits per heavy atom. The molecule has 0 aromatic carbocycles. The Balaban J connectivity index is 2.09. The molecule has 0 spiro atoms. The van der Waals surface area contributed by atoms with Gasteiger partial charge in [-0.15, -0.1) is 0 Å². The van der Waals surface area contributed by atoms with Gasteiger partial charge in [-0.05, 0) is 24.7 Å². The summed E-state index contributed by atoms with van der Waals surface area (Å²) in [5.74, 6) is 0. The lowest BCUT2D eigenvalue weighted by Gasteiger charge is -2.22. The summed E-state index contributed by atoms with van der Waals surface area (Å²) >= 11 is 0. The van der Waals surface area contributed by atoms with Crippen LogP contribution in [0.25, 0.3) is 0 Å². The van der Waals surface area contributed by atoms with Crippen LogP contribution in [0.1, 0.15) is 40.0 Å². The molecular weight excluding hydrogens is 122 g/mol. The van der Waals surface area contributed by atoms with Gasteiger partial charge in [-0.3, -0.25) is 0 Å². The van der Waals surface area contributed by atoms with Crippen molar-refractivity contribution in [2.45, 2.75) is 46.1 Å². The highest BCUT2D eigenvalue weighted by molar-refractivity contribution is 4.83. The van der Waals surface area contributed by atoms with Gasteiger partial charge in [0.1, 0.15) is 0 Å². The predicted molar refractivity (Wildman–Crippen MR) is 45.1 cm³/mol. The molecule has 0 radical (unpaired) electrons. The lowest BCUT2D eigenvalue weighted by Crippen LogP contribution is -2.30. The SMILES string of the molecule is CCC(C)(C)CNC1CC1. The van der Waals surface area contributed by atoms with Crippen molar-refractivity contribution in [3.63, 3.8) is 0 Å². The zero-order valence-corrected chi connectivity index (χ0v) is 7.41. The van der Waals surface area contributed by atoms with Crippen LogP contribution in [0, 0.1) is 5.41 Å². The largest absolute Gasteiger partial charge is 0.313 e. The second-order valence-corrected chi connectivity index (χ2v) is 4.17. The quantitative estimate of drug-likeness (QED) is 0.632. The Kier molecular flexibility index (Phi) is 2.35. The summed E-state index contributed by atoms with van der Waals surface area (Å²) < 4.78 is 0. The van der Waals surface area contributed by atoms with E-state index < -0.39 is 0 Å². The van der Waals surface area contributed by atoms with Gasteiger partial charge in [0.05, 0.1) is 0 Å². The minimum atomic E-state index is 0.503. The van der Waals surface area contributed by atoms with E-state index in [4.69, 9.17) is 0 Å². The molecule has 0 atom stereocenters. The molecule has 0 heterocycles. The smallest absolute Gasteiger partial charge is 0.00684 e. The molecule has 0 bridgehead atoms. The average molecular weight is 141 g/mol. The minimum Gasteiger partial charge on any atom is -0.313 e. The maximum Gasteiger partial charge on any atom is 0.00684 e. The zero-order chi connectivity index (χ0) is 7.61. The summed E-state index contributed by atoms with van der Waals surface area (Å²) in [6, 6.07) is 0.867. The lowest BCUT2D eigenvalue weighted by atomic mass is 9.90. The van der Waals surface area contributed by atoms with Crippen molar-refractivity contribution >= 4 is 0 Å². The fourth-order valence-electron chi connectivity index (χ4n) is 0.833. The third-order valence-corrected chi connectivity index (χ3v) is 2.40. The molecule has 1 aliphatic carbocycles. The van der Waals surface area contributed by atoms with Gasteiger partial charge in [-0.1, -0.05) is 20.8 Å². The van der Waals surface area contributed by atoms with Gasteiger partial charge in [0.25, 0.3) is 0 Å². The molecule has 1 fully saturated rings. The van der Waals surface area contributed by atoms with Crippen LogP contribution >= 0.6 is 0 Å². The van der Waals surface area contributed by atoms with E-state index in [1.54, 1.807) is 0 Å². The maximum atomic E-state index is 3.55. The Morgan fingerprint density at radius 3 is 2.40 bits per heavy atom. The van der Waals surface area contributed by atoms with E-state index in [1.165, 1.54) is 25.8 Å². The molecule has 0 amide bonds. The van der Waals surface area contributed by atoms with Gasteiger partial charge in [0.15, 0.2) is 0 Å². The van der Waals surface area contributed by atoms with Crippen molar-refractivity contribution in [1.82, 2.24) is 5.32 Å². The Hall–Kier alpha value is -0.0400. The Labute approximate surface area is 64.2 Å². The molecule has 0 aromatic heterocycles. The highest BCUT2D eigenvalue weighted by Crippen LogP contribution is 2.23. The van der Waals surface area contributed by atoms with Crippen LogP contribution in [0.3, 0.4) is 0 Å². The van der Waals surface area contributed by atoms with Crippen molar-refractivity contribution in [1.29, 1.82) is 0 Å². The van der Waals surface area contributed by atoms with Crippen molar-refractivity contribution in [2.24, 2.45) is 5.41 Å². The van der Waals surface area contributed by atoms with Crippen LogP contribution in [0.4, 0.5) is 0 Å². The van der Waals surface area contributed by atoms with Crippen molar-refractivity contribution < 1.29 is 0 Å². The van der Waals surface area contributed by atoms with Gasteiger partial charge < -0.3 is 5.32 Å². The average Bonchev–Trinajstić information content (AvgIpc) is 2.66. The Morgan fingerprint density at radius 2 is 2.00 bits per heavy atom. The fourth-order valence-corrected chi connectivity index (χ4v) is 0.833. The van der Waals surface area contributed by atoms with Crippen LogP contribution < -0.4 is 5.32 Å². The molecule has 0 aromatic rings. The molecule has 10 heavy (non-hydrogen) atoms. The molecular formula is C9H19N. The minimum absolute atomic E-state index is 0.503. The summed E-state index contributed by atoms with van der Waals surface area (Å²) in [7, 11) is 0. The standard InChI is InChI=1S/C9H19N/c1-4-9(2,3)7-10-8-5-6-8/h8,10H,4-7H2,1-3H3. The molecule has 1 aliphatic rings. The van der Waals surface area contributed by atoms with E-state index in [1.807, 2.05) is 0 Å². The van der Waals surface area contributed by atoms with Crippen molar-refractivity contribution in [3.8, 4) is 0 Å². The summed E-state index contributed by atoms with van der Waals surface area (Å²) in [6.45, 7) is 8.09. The number of rotatable bonds is 4. The molecule has 1 heteroatoms. The monoisotopic (exact) mass is 141 g/mol. The van der Waals surface area contributed by atoms with Crippen molar-refractivity contribution in [3.05, 3.63) is 0 Å². The number of hydrogen-bond acceptors (Lipinski definition) is 1. The summed E-state index contributed by atoms with van der Waals surface area (Å²) in [6.07, 6.45) is 4.08. The first kappa shape index (κ1) is 8.06. The normalized spacial score (nSPS) is 19.5.